The lowest BCUT2D eigenvalue weighted by atomic mass is 10.1. The molecule has 0 unspecified atom stereocenters. The Bertz CT molecular complexity index is 730. The Hall–Kier alpha value is -2.25. The van der Waals surface area contributed by atoms with Gasteiger partial charge in [0, 0.05) is 6.20 Å². The molecule has 21 heavy (non-hydrogen) atoms. The minimum Gasteiger partial charge on any atom is -0.478 e. The van der Waals surface area contributed by atoms with E-state index >= 15 is 0 Å². The van der Waals surface area contributed by atoms with Crippen LogP contribution in [0.2, 0.25) is 0 Å². The third kappa shape index (κ3) is 4.66. The minimum absolute atomic E-state index is 0.0624. The van der Waals surface area contributed by atoms with Crippen molar-refractivity contribution in [3.63, 3.8) is 0 Å². The predicted molar refractivity (Wildman–Crippen MR) is 77.1 cm³/mol. The number of rotatable bonds is 6. The molecule has 7 heteroatoms. The highest BCUT2D eigenvalue weighted by atomic mass is 32.2. The summed E-state index contributed by atoms with van der Waals surface area (Å²) in [6.45, 7) is 0.0990. The van der Waals surface area contributed by atoms with Crippen LogP contribution in [0, 0.1) is 0 Å². The van der Waals surface area contributed by atoms with E-state index in [1.165, 1.54) is 18.2 Å². The summed E-state index contributed by atoms with van der Waals surface area (Å²) in [4.78, 5) is 14.9. The first-order valence-electron chi connectivity index (χ1n) is 6.16. The van der Waals surface area contributed by atoms with Crippen LogP contribution in [-0.4, -0.2) is 24.5 Å². The minimum atomic E-state index is -3.56. The van der Waals surface area contributed by atoms with Crippen molar-refractivity contribution in [3.05, 3.63) is 65.5 Å². The zero-order valence-corrected chi connectivity index (χ0v) is 11.9. The van der Waals surface area contributed by atoms with Gasteiger partial charge in [-0.1, -0.05) is 18.2 Å². The normalized spacial score (nSPS) is 11.2. The topological polar surface area (TPSA) is 96.4 Å². The number of carbonyl (C=O) groups is 1. The molecule has 0 aliphatic carbocycles. The van der Waals surface area contributed by atoms with Crippen LogP contribution >= 0.6 is 0 Å². The van der Waals surface area contributed by atoms with Crippen molar-refractivity contribution in [2.45, 2.75) is 12.3 Å². The summed E-state index contributed by atoms with van der Waals surface area (Å²) >= 11 is 0. The van der Waals surface area contributed by atoms with E-state index in [0.717, 1.165) is 0 Å². The summed E-state index contributed by atoms with van der Waals surface area (Å²) in [5.41, 5.74) is 1.09. The molecule has 1 aromatic heterocycles. The summed E-state index contributed by atoms with van der Waals surface area (Å²) in [5, 5.41) is 8.89. The van der Waals surface area contributed by atoms with Gasteiger partial charge in [0.25, 0.3) is 0 Å². The van der Waals surface area contributed by atoms with E-state index < -0.39 is 16.0 Å². The fraction of sp³-hybridized carbons (Fsp3) is 0.143. The molecule has 6 nitrogen and oxygen atoms in total. The third-order valence-electron chi connectivity index (χ3n) is 2.73. The zero-order valence-electron chi connectivity index (χ0n) is 11.1. The van der Waals surface area contributed by atoms with Gasteiger partial charge in [0.15, 0.2) is 0 Å². The molecule has 0 fully saturated rings. The first-order chi connectivity index (χ1) is 9.96. The standard InChI is InChI=1S/C14H14N2O4S/c17-14(18)12-5-3-4-11(8-12)10-21(19,20)16-9-13-6-1-2-7-15-13/h1-8,16H,9-10H2,(H,17,18). The number of aromatic carboxylic acids is 1. The summed E-state index contributed by atoms with van der Waals surface area (Å²) in [7, 11) is -3.56. The Balaban J connectivity index is 2.04. The van der Waals surface area contributed by atoms with Gasteiger partial charge in [-0.2, -0.15) is 0 Å². The maximum absolute atomic E-state index is 12.0. The highest BCUT2D eigenvalue weighted by molar-refractivity contribution is 7.88. The van der Waals surface area contributed by atoms with Crippen molar-refractivity contribution in [3.8, 4) is 0 Å². The lowest BCUT2D eigenvalue weighted by Gasteiger charge is -2.07. The zero-order chi connectivity index (χ0) is 15.3. The summed E-state index contributed by atoms with van der Waals surface area (Å²) in [6, 6.07) is 11.1. The molecule has 2 aromatic rings. The average molecular weight is 306 g/mol. The molecule has 0 saturated heterocycles. The van der Waals surface area contributed by atoms with Crippen molar-refractivity contribution in [1.29, 1.82) is 0 Å². The van der Waals surface area contributed by atoms with Gasteiger partial charge in [0.2, 0.25) is 10.0 Å². The number of benzene rings is 1. The largest absolute Gasteiger partial charge is 0.478 e. The number of hydrogen-bond donors (Lipinski definition) is 2. The van der Waals surface area contributed by atoms with Crippen molar-refractivity contribution >= 4 is 16.0 Å². The molecule has 1 aromatic carbocycles. The van der Waals surface area contributed by atoms with Gasteiger partial charge in [-0.15, -0.1) is 0 Å². The van der Waals surface area contributed by atoms with Crippen LogP contribution < -0.4 is 4.72 Å². The predicted octanol–water partition coefficient (Wildman–Crippen LogP) is 1.40. The maximum atomic E-state index is 12.0. The van der Waals surface area contributed by atoms with E-state index in [1.54, 1.807) is 30.5 Å². The van der Waals surface area contributed by atoms with Crippen molar-refractivity contribution in [2.75, 3.05) is 0 Å². The number of nitrogens with zero attached hydrogens (tertiary/aromatic N) is 1. The number of sulfonamides is 1. The Morgan fingerprint density at radius 3 is 2.67 bits per heavy atom. The van der Waals surface area contributed by atoms with Gasteiger partial charge in [-0.25, -0.2) is 17.9 Å². The average Bonchev–Trinajstić information content (AvgIpc) is 2.46. The lowest BCUT2D eigenvalue weighted by molar-refractivity contribution is 0.0696. The molecule has 0 atom stereocenters. The Morgan fingerprint density at radius 1 is 1.19 bits per heavy atom. The van der Waals surface area contributed by atoms with Crippen LogP contribution in [0.4, 0.5) is 0 Å². The number of aromatic nitrogens is 1. The van der Waals surface area contributed by atoms with Gasteiger partial charge in [-0.3, -0.25) is 4.98 Å². The Kier molecular flexibility index (Phi) is 4.66. The fourth-order valence-corrected chi connectivity index (χ4v) is 2.84. The number of carboxylic acids is 1. The van der Waals surface area contributed by atoms with Gasteiger partial charge in [0.05, 0.1) is 23.6 Å². The second-order valence-electron chi connectivity index (χ2n) is 4.41. The smallest absolute Gasteiger partial charge is 0.335 e. The van der Waals surface area contributed by atoms with Gasteiger partial charge in [-0.05, 0) is 29.8 Å². The number of hydrogen-bond acceptors (Lipinski definition) is 4. The van der Waals surface area contributed by atoms with E-state index in [2.05, 4.69) is 9.71 Å². The van der Waals surface area contributed by atoms with Crippen LogP contribution in [0.1, 0.15) is 21.6 Å². The van der Waals surface area contributed by atoms with Crippen LogP contribution in [0.25, 0.3) is 0 Å². The molecule has 0 amide bonds. The molecule has 2 N–H and O–H groups in total. The molecule has 0 aliphatic heterocycles. The third-order valence-corrected chi connectivity index (χ3v) is 4.03. The SMILES string of the molecule is O=C(O)c1cccc(CS(=O)(=O)NCc2ccccn2)c1. The van der Waals surface area contributed by atoms with Gasteiger partial charge < -0.3 is 5.11 Å². The van der Waals surface area contributed by atoms with Crippen molar-refractivity contribution in [1.82, 2.24) is 9.71 Å². The fourth-order valence-electron chi connectivity index (χ4n) is 1.75. The summed E-state index contributed by atoms with van der Waals surface area (Å²) in [5.74, 6) is -1.36. The van der Waals surface area contributed by atoms with Crippen molar-refractivity contribution < 1.29 is 18.3 Å². The van der Waals surface area contributed by atoms with E-state index in [1.807, 2.05) is 0 Å². The van der Waals surface area contributed by atoms with Gasteiger partial charge >= 0.3 is 5.97 Å². The molecule has 1 heterocycles. The van der Waals surface area contributed by atoms with Crippen LogP contribution in [-0.2, 0) is 22.3 Å². The molecular weight excluding hydrogens is 292 g/mol. The first-order valence-corrected chi connectivity index (χ1v) is 7.81. The summed E-state index contributed by atoms with van der Waals surface area (Å²) in [6.07, 6.45) is 1.58. The monoisotopic (exact) mass is 306 g/mol. The summed E-state index contributed by atoms with van der Waals surface area (Å²) < 4.78 is 26.4. The molecule has 0 bridgehead atoms. The maximum Gasteiger partial charge on any atom is 0.335 e. The highest BCUT2D eigenvalue weighted by Crippen LogP contribution is 2.09. The second-order valence-corrected chi connectivity index (χ2v) is 6.21. The molecule has 2 rings (SSSR count). The van der Waals surface area contributed by atoms with Crippen LogP contribution in [0.3, 0.4) is 0 Å². The first kappa shape index (κ1) is 15.1. The van der Waals surface area contributed by atoms with Crippen LogP contribution in [0.15, 0.2) is 48.7 Å². The van der Waals surface area contributed by atoms with Crippen LogP contribution in [0.5, 0.6) is 0 Å². The molecule has 0 radical (unpaired) electrons. The van der Waals surface area contributed by atoms with Crippen molar-refractivity contribution in [2.24, 2.45) is 0 Å². The van der Waals surface area contributed by atoms with E-state index in [-0.39, 0.29) is 17.9 Å². The number of pyridine rings is 1. The van der Waals surface area contributed by atoms with Gasteiger partial charge in [0.1, 0.15) is 0 Å². The number of nitrogens with one attached hydrogen (secondary N) is 1. The highest BCUT2D eigenvalue weighted by Gasteiger charge is 2.13. The molecule has 0 saturated carbocycles. The molecule has 0 spiro atoms. The van der Waals surface area contributed by atoms with E-state index in [9.17, 15) is 13.2 Å². The Labute approximate surface area is 122 Å². The number of carboxylic acid groups (broad SMARTS) is 1. The molecular formula is C14H14N2O4S. The van der Waals surface area contributed by atoms with E-state index in [0.29, 0.717) is 11.3 Å². The van der Waals surface area contributed by atoms with E-state index in [4.69, 9.17) is 5.11 Å². The molecule has 110 valence electrons. The molecule has 0 aliphatic rings. The quantitative estimate of drug-likeness (QED) is 0.841. The Morgan fingerprint density at radius 2 is 2.00 bits per heavy atom. The lowest BCUT2D eigenvalue weighted by Crippen LogP contribution is -2.25. The second kappa shape index (κ2) is 6.47.